The van der Waals surface area contributed by atoms with E-state index in [1.165, 1.54) is 37.7 Å². The first kappa shape index (κ1) is 13.4. The normalized spacial score (nSPS) is 17.6. The zero-order chi connectivity index (χ0) is 13.0. The van der Waals surface area contributed by atoms with E-state index < -0.39 is 10.1 Å². The highest BCUT2D eigenvalue weighted by Gasteiger charge is 2.16. The molecule has 0 aliphatic heterocycles. The van der Waals surface area contributed by atoms with Crippen LogP contribution in [0.25, 0.3) is 0 Å². The van der Waals surface area contributed by atoms with E-state index >= 15 is 0 Å². The fourth-order valence-electron chi connectivity index (χ4n) is 2.44. The van der Waals surface area contributed by atoms with Crippen molar-refractivity contribution in [3.8, 4) is 5.75 Å². The van der Waals surface area contributed by atoms with Gasteiger partial charge in [0, 0.05) is 0 Å². The summed E-state index contributed by atoms with van der Waals surface area (Å²) in [4.78, 5) is 0. The van der Waals surface area contributed by atoms with Crippen LogP contribution in [0.2, 0.25) is 0 Å². The monoisotopic (exact) mass is 268 g/mol. The van der Waals surface area contributed by atoms with Crippen molar-refractivity contribution in [2.45, 2.75) is 44.9 Å². The summed E-state index contributed by atoms with van der Waals surface area (Å²) in [5.74, 6) is 1.05. The highest BCUT2D eigenvalue weighted by Crippen LogP contribution is 2.33. The molecule has 1 aromatic rings. The Morgan fingerprint density at radius 2 is 1.72 bits per heavy atom. The fourth-order valence-corrected chi connectivity index (χ4v) is 2.96. The molecule has 0 bridgehead atoms. The largest absolute Gasteiger partial charge is 0.382 e. The second kappa shape index (κ2) is 5.74. The summed E-state index contributed by atoms with van der Waals surface area (Å²) >= 11 is 0. The molecule has 3 nitrogen and oxygen atoms in total. The van der Waals surface area contributed by atoms with Gasteiger partial charge in [-0.15, -0.1) is 0 Å². The minimum absolute atomic E-state index is 0.00260. The van der Waals surface area contributed by atoms with Crippen LogP contribution in [0, 0.1) is 0 Å². The molecule has 0 atom stereocenters. The van der Waals surface area contributed by atoms with Gasteiger partial charge in [0.15, 0.2) is 0 Å². The SMILES string of the molecule is CCS(=O)(=O)Oc1ccc(C2CCCCC2)cc1. The van der Waals surface area contributed by atoms with Gasteiger partial charge in [-0.2, -0.15) is 8.42 Å². The number of benzene rings is 1. The number of hydrogen-bond acceptors (Lipinski definition) is 3. The van der Waals surface area contributed by atoms with E-state index in [0.29, 0.717) is 11.7 Å². The maximum atomic E-state index is 11.3. The second-order valence-corrected chi connectivity index (χ2v) is 6.69. The van der Waals surface area contributed by atoms with Gasteiger partial charge in [-0.3, -0.25) is 0 Å². The molecule has 0 spiro atoms. The summed E-state index contributed by atoms with van der Waals surface area (Å²) in [6.07, 6.45) is 6.42. The number of rotatable bonds is 4. The van der Waals surface area contributed by atoms with Crippen LogP contribution in [0.3, 0.4) is 0 Å². The third-order valence-electron chi connectivity index (χ3n) is 3.53. The first-order valence-electron chi connectivity index (χ1n) is 6.63. The lowest BCUT2D eigenvalue weighted by atomic mass is 9.84. The molecule has 2 rings (SSSR count). The van der Waals surface area contributed by atoms with Gasteiger partial charge in [0.1, 0.15) is 5.75 Å². The standard InChI is InChI=1S/C14H20O3S/c1-2-18(15,16)17-14-10-8-13(9-11-14)12-6-4-3-5-7-12/h8-12H,2-7H2,1H3. The first-order valence-corrected chi connectivity index (χ1v) is 8.20. The van der Waals surface area contributed by atoms with Crippen LogP contribution in [-0.2, 0) is 10.1 Å². The zero-order valence-corrected chi connectivity index (χ0v) is 11.6. The Bertz CT molecular complexity index is 470. The first-order chi connectivity index (χ1) is 8.61. The van der Waals surface area contributed by atoms with Gasteiger partial charge in [-0.1, -0.05) is 31.4 Å². The lowest BCUT2D eigenvalue weighted by Gasteiger charge is -2.22. The molecule has 0 N–H and O–H groups in total. The molecular formula is C14H20O3S. The summed E-state index contributed by atoms with van der Waals surface area (Å²) in [5, 5.41) is 0. The summed E-state index contributed by atoms with van der Waals surface area (Å²) in [6, 6.07) is 7.52. The Morgan fingerprint density at radius 3 is 2.28 bits per heavy atom. The molecule has 1 aliphatic carbocycles. The molecule has 18 heavy (non-hydrogen) atoms. The molecule has 0 unspecified atom stereocenters. The highest BCUT2D eigenvalue weighted by molar-refractivity contribution is 7.87. The molecule has 1 saturated carbocycles. The maximum absolute atomic E-state index is 11.3. The van der Waals surface area contributed by atoms with Gasteiger partial charge >= 0.3 is 10.1 Å². The average Bonchev–Trinajstić information content (AvgIpc) is 2.40. The minimum atomic E-state index is -3.41. The van der Waals surface area contributed by atoms with Gasteiger partial charge in [0.2, 0.25) is 0 Å². The molecule has 4 heteroatoms. The molecule has 1 aliphatic rings. The predicted octanol–water partition coefficient (Wildman–Crippen LogP) is 3.46. The summed E-state index contributed by atoms with van der Waals surface area (Å²) < 4.78 is 27.6. The van der Waals surface area contributed by atoms with Crippen molar-refractivity contribution in [3.63, 3.8) is 0 Å². The van der Waals surface area contributed by atoms with Crippen molar-refractivity contribution in [1.82, 2.24) is 0 Å². The molecule has 0 heterocycles. The summed E-state index contributed by atoms with van der Waals surface area (Å²) in [5.41, 5.74) is 1.30. The fraction of sp³-hybridized carbons (Fsp3) is 0.571. The van der Waals surface area contributed by atoms with Gasteiger partial charge in [0.05, 0.1) is 5.75 Å². The highest BCUT2D eigenvalue weighted by atomic mass is 32.2. The average molecular weight is 268 g/mol. The van der Waals surface area contributed by atoms with Crippen LogP contribution in [0.15, 0.2) is 24.3 Å². The van der Waals surface area contributed by atoms with E-state index in [-0.39, 0.29) is 5.75 Å². The molecule has 1 fully saturated rings. The summed E-state index contributed by atoms with van der Waals surface area (Å²) in [6.45, 7) is 1.58. The van der Waals surface area contributed by atoms with Crippen molar-refractivity contribution >= 4 is 10.1 Å². The second-order valence-electron chi connectivity index (χ2n) is 4.83. The van der Waals surface area contributed by atoms with E-state index in [0.717, 1.165) is 0 Å². The van der Waals surface area contributed by atoms with Crippen molar-refractivity contribution in [2.24, 2.45) is 0 Å². The van der Waals surface area contributed by atoms with Crippen LogP contribution in [0.1, 0.15) is 50.5 Å². The third-order valence-corrected chi connectivity index (χ3v) is 4.69. The Balaban J connectivity index is 2.05. The molecule has 0 aromatic heterocycles. The van der Waals surface area contributed by atoms with Crippen LogP contribution in [0.5, 0.6) is 5.75 Å². The molecule has 100 valence electrons. The smallest absolute Gasteiger partial charge is 0.308 e. The van der Waals surface area contributed by atoms with Crippen LogP contribution >= 0.6 is 0 Å². The third kappa shape index (κ3) is 3.48. The van der Waals surface area contributed by atoms with Crippen LogP contribution < -0.4 is 4.18 Å². The predicted molar refractivity (Wildman–Crippen MR) is 72.4 cm³/mol. The van der Waals surface area contributed by atoms with Crippen LogP contribution in [-0.4, -0.2) is 14.2 Å². The van der Waals surface area contributed by atoms with E-state index in [1.807, 2.05) is 12.1 Å². The van der Waals surface area contributed by atoms with Gasteiger partial charge in [0.25, 0.3) is 0 Å². The van der Waals surface area contributed by atoms with Gasteiger partial charge < -0.3 is 4.18 Å². The van der Waals surface area contributed by atoms with E-state index in [9.17, 15) is 8.42 Å². The zero-order valence-electron chi connectivity index (χ0n) is 10.8. The lowest BCUT2D eigenvalue weighted by molar-refractivity contribution is 0.443. The number of hydrogen-bond donors (Lipinski definition) is 0. The van der Waals surface area contributed by atoms with Crippen molar-refractivity contribution < 1.29 is 12.6 Å². The molecule has 0 saturated heterocycles. The maximum Gasteiger partial charge on any atom is 0.308 e. The van der Waals surface area contributed by atoms with E-state index in [2.05, 4.69) is 0 Å². The quantitative estimate of drug-likeness (QED) is 0.785. The lowest BCUT2D eigenvalue weighted by Crippen LogP contribution is -2.11. The Kier molecular flexibility index (Phi) is 4.27. The van der Waals surface area contributed by atoms with Crippen molar-refractivity contribution in [1.29, 1.82) is 0 Å². The van der Waals surface area contributed by atoms with Crippen LogP contribution in [0.4, 0.5) is 0 Å². The summed E-state index contributed by atoms with van der Waals surface area (Å²) in [7, 11) is -3.41. The van der Waals surface area contributed by atoms with Gasteiger partial charge in [-0.05, 0) is 43.4 Å². The van der Waals surface area contributed by atoms with Gasteiger partial charge in [-0.25, -0.2) is 0 Å². The van der Waals surface area contributed by atoms with E-state index in [4.69, 9.17) is 4.18 Å². The Hall–Kier alpha value is -1.03. The molecule has 0 radical (unpaired) electrons. The van der Waals surface area contributed by atoms with Crippen molar-refractivity contribution in [3.05, 3.63) is 29.8 Å². The molecular weight excluding hydrogens is 248 g/mol. The Labute approximate surface area is 109 Å². The van der Waals surface area contributed by atoms with Crippen molar-refractivity contribution in [2.75, 3.05) is 5.75 Å². The Morgan fingerprint density at radius 1 is 1.11 bits per heavy atom. The molecule has 1 aromatic carbocycles. The molecule has 0 amide bonds. The minimum Gasteiger partial charge on any atom is -0.382 e. The topological polar surface area (TPSA) is 43.4 Å². The van der Waals surface area contributed by atoms with E-state index in [1.54, 1.807) is 19.1 Å².